The van der Waals surface area contributed by atoms with E-state index >= 15 is 0 Å². The molecule has 3 heteroatoms. The van der Waals surface area contributed by atoms with E-state index < -0.39 is 0 Å². The fraction of sp³-hybridized carbons (Fsp3) is 1.00. The van der Waals surface area contributed by atoms with Crippen LogP contribution in [0.5, 0.6) is 0 Å². The molecular formula is C13H29N3. The second-order valence-electron chi connectivity index (χ2n) is 4.55. The maximum Gasteiger partial charge on any atom is 0.119 e. The van der Waals surface area contributed by atoms with Gasteiger partial charge in [0.2, 0.25) is 0 Å². The Morgan fingerprint density at radius 2 is 1.62 bits per heavy atom. The van der Waals surface area contributed by atoms with Gasteiger partial charge in [0.15, 0.2) is 0 Å². The molecule has 3 nitrogen and oxygen atoms in total. The van der Waals surface area contributed by atoms with Gasteiger partial charge in [-0.1, -0.05) is 34.6 Å². The molecule has 2 unspecified atom stereocenters. The molecule has 0 N–H and O–H groups in total. The van der Waals surface area contributed by atoms with E-state index in [1.54, 1.807) is 0 Å². The van der Waals surface area contributed by atoms with E-state index in [1.165, 1.54) is 13.0 Å². The molecular weight excluding hydrogens is 198 g/mol. The first kappa shape index (κ1) is 13.9. The van der Waals surface area contributed by atoms with Crippen LogP contribution >= 0.6 is 0 Å². The summed E-state index contributed by atoms with van der Waals surface area (Å²) in [5, 5.41) is 0. The summed E-state index contributed by atoms with van der Waals surface area (Å²) in [7, 11) is 0. The Bertz CT molecular complexity index is 192. The monoisotopic (exact) mass is 227 g/mol. The van der Waals surface area contributed by atoms with E-state index in [0.717, 1.165) is 32.2 Å². The largest absolute Gasteiger partial charge is 0.276 e. The lowest BCUT2D eigenvalue weighted by molar-refractivity contribution is -0.0126. The highest BCUT2D eigenvalue weighted by Gasteiger charge is 2.38. The highest BCUT2D eigenvalue weighted by atomic mass is 15.6. The van der Waals surface area contributed by atoms with Gasteiger partial charge in [0.25, 0.3) is 0 Å². The highest BCUT2D eigenvalue weighted by molar-refractivity contribution is 4.88. The van der Waals surface area contributed by atoms with Crippen LogP contribution in [0, 0.1) is 0 Å². The van der Waals surface area contributed by atoms with Crippen molar-refractivity contribution in [3.8, 4) is 0 Å². The lowest BCUT2D eigenvalue weighted by Gasteiger charge is -2.38. The van der Waals surface area contributed by atoms with Gasteiger partial charge >= 0.3 is 0 Å². The van der Waals surface area contributed by atoms with E-state index in [1.807, 2.05) is 0 Å². The van der Waals surface area contributed by atoms with Crippen LogP contribution in [0.3, 0.4) is 0 Å². The zero-order chi connectivity index (χ0) is 12.1. The van der Waals surface area contributed by atoms with Crippen LogP contribution in [-0.4, -0.2) is 59.8 Å². The summed E-state index contributed by atoms with van der Waals surface area (Å²) in [6, 6.07) is 0.746. The smallest absolute Gasteiger partial charge is 0.119 e. The fourth-order valence-corrected chi connectivity index (χ4v) is 2.94. The van der Waals surface area contributed by atoms with Crippen LogP contribution < -0.4 is 0 Å². The molecule has 16 heavy (non-hydrogen) atoms. The van der Waals surface area contributed by atoms with Crippen molar-refractivity contribution in [2.75, 3.05) is 32.7 Å². The van der Waals surface area contributed by atoms with Gasteiger partial charge in [-0.15, -0.1) is 0 Å². The van der Waals surface area contributed by atoms with Gasteiger partial charge in [0.05, 0.1) is 0 Å². The van der Waals surface area contributed by atoms with Crippen molar-refractivity contribution in [2.24, 2.45) is 0 Å². The number of likely N-dealkylation sites (N-methyl/N-ethyl adjacent to an activating group) is 2. The quantitative estimate of drug-likeness (QED) is 0.687. The third-order valence-electron chi connectivity index (χ3n) is 3.92. The molecule has 0 aromatic carbocycles. The molecule has 0 saturated carbocycles. The normalized spacial score (nSPS) is 28.1. The Labute approximate surface area is 101 Å². The van der Waals surface area contributed by atoms with Gasteiger partial charge in [-0.3, -0.25) is 14.7 Å². The predicted octanol–water partition coefficient (Wildman–Crippen LogP) is 2.05. The van der Waals surface area contributed by atoms with E-state index in [0.29, 0.717) is 6.29 Å². The molecule has 1 saturated heterocycles. The Morgan fingerprint density at radius 1 is 1.00 bits per heavy atom. The Morgan fingerprint density at radius 3 is 2.00 bits per heavy atom. The summed E-state index contributed by atoms with van der Waals surface area (Å²) in [6.45, 7) is 17.3. The zero-order valence-corrected chi connectivity index (χ0v) is 11.7. The average Bonchev–Trinajstić information content (AvgIpc) is 2.68. The first-order valence-corrected chi connectivity index (χ1v) is 6.97. The molecule has 2 atom stereocenters. The molecule has 96 valence electrons. The summed E-state index contributed by atoms with van der Waals surface area (Å²) < 4.78 is 0. The van der Waals surface area contributed by atoms with E-state index in [2.05, 4.69) is 49.3 Å². The van der Waals surface area contributed by atoms with Gasteiger partial charge in [-0.25, -0.2) is 0 Å². The van der Waals surface area contributed by atoms with Crippen molar-refractivity contribution in [3.63, 3.8) is 0 Å². The van der Waals surface area contributed by atoms with Gasteiger partial charge in [0, 0.05) is 12.6 Å². The topological polar surface area (TPSA) is 9.72 Å². The van der Waals surface area contributed by atoms with Crippen LogP contribution in [0.25, 0.3) is 0 Å². The second kappa shape index (κ2) is 6.58. The summed E-state index contributed by atoms with van der Waals surface area (Å²) in [5.74, 6) is 0. The standard InChI is InChI=1S/C13H29N3/c1-6-12-11-15(9-4)13(16(12)10-5)14(7-2)8-3/h12-13H,6-11H2,1-5H3. The van der Waals surface area contributed by atoms with Crippen LogP contribution in [0.4, 0.5) is 0 Å². The lowest BCUT2D eigenvalue weighted by Crippen LogP contribution is -2.52. The second-order valence-corrected chi connectivity index (χ2v) is 4.55. The lowest BCUT2D eigenvalue weighted by atomic mass is 10.2. The van der Waals surface area contributed by atoms with Gasteiger partial charge < -0.3 is 0 Å². The minimum absolute atomic E-state index is 0.537. The molecule has 0 aromatic heterocycles. The third kappa shape index (κ3) is 2.58. The van der Waals surface area contributed by atoms with Crippen LogP contribution in [0.1, 0.15) is 41.0 Å². The Hall–Kier alpha value is -0.120. The molecule has 0 radical (unpaired) electrons. The van der Waals surface area contributed by atoms with Crippen LogP contribution in [-0.2, 0) is 0 Å². The summed E-state index contributed by atoms with van der Waals surface area (Å²) >= 11 is 0. The molecule has 1 rings (SSSR count). The maximum absolute atomic E-state index is 2.66. The Balaban J connectivity index is 2.82. The predicted molar refractivity (Wildman–Crippen MR) is 70.4 cm³/mol. The van der Waals surface area contributed by atoms with E-state index in [9.17, 15) is 0 Å². The van der Waals surface area contributed by atoms with Crippen LogP contribution in [0.2, 0.25) is 0 Å². The minimum Gasteiger partial charge on any atom is -0.276 e. The first-order chi connectivity index (χ1) is 7.73. The van der Waals surface area contributed by atoms with Crippen molar-refractivity contribution in [1.82, 2.24) is 14.7 Å². The van der Waals surface area contributed by atoms with Gasteiger partial charge in [-0.2, -0.15) is 0 Å². The summed E-state index contributed by atoms with van der Waals surface area (Å²) in [4.78, 5) is 7.85. The fourth-order valence-electron chi connectivity index (χ4n) is 2.94. The van der Waals surface area contributed by atoms with Gasteiger partial charge in [0.1, 0.15) is 6.29 Å². The molecule has 0 spiro atoms. The van der Waals surface area contributed by atoms with Crippen molar-refractivity contribution < 1.29 is 0 Å². The van der Waals surface area contributed by atoms with Crippen molar-refractivity contribution in [1.29, 1.82) is 0 Å². The number of hydrogen-bond acceptors (Lipinski definition) is 3. The molecule has 1 aliphatic heterocycles. The van der Waals surface area contributed by atoms with E-state index in [-0.39, 0.29) is 0 Å². The maximum atomic E-state index is 2.66. The number of hydrogen-bond donors (Lipinski definition) is 0. The molecule has 1 fully saturated rings. The van der Waals surface area contributed by atoms with Gasteiger partial charge in [-0.05, 0) is 32.6 Å². The first-order valence-electron chi connectivity index (χ1n) is 6.97. The summed E-state index contributed by atoms with van der Waals surface area (Å²) in [6.07, 6.45) is 1.80. The number of rotatable bonds is 6. The third-order valence-corrected chi connectivity index (χ3v) is 3.92. The zero-order valence-electron chi connectivity index (χ0n) is 11.7. The molecule has 0 aromatic rings. The number of nitrogens with zero attached hydrogens (tertiary/aromatic N) is 3. The molecule has 0 amide bonds. The van der Waals surface area contributed by atoms with Crippen molar-refractivity contribution in [3.05, 3.63) is 0 Å². The molecule has 1 heterocycles. The Kier molecular flexibility index (Phi) is 5.73. The van der Waals surface area contributed by atoms with Crippen LogP contribution in [0.15, 0.2) is 0 Å². The molecule has 1 aliphatic rings. The summed E-state index contributed by atoms with van der Waals surface area (Å²) in [5.41, 5.74) is 0. The van der Waals surface area contributed by atoms with E-state index in [4.69, 9.17) is 0 Å². The minimum atomic E-state index is 0.537. The van der Waals surface area contributed by atoms with Crippen molar-refractivity contribution >= 4 is 0 Å². The average molecular weight is 227 g/mol. The highest BCUT2D eigenvalue weighted by Crippen LogP contribution is 2.24. The SMILES string of the molecule is CCC1CN(CC)C(N(CC)CC)N1CC. The van der Waals surface area contributed by atoms with Crippen molar-refractivity contribution in [2.45, 2.75) is 53.4 Å². The molecule has 0 aliphatic carbocycles. The molecule has 0 bridgehead atoms.